The molecule has 4 aromatic rings. The van der Waals surface area contributed by atoms with Crippen LogP contribution in [0.1, 0.15) is 99.5 Å². The number of benzene rings is 4. The Hall–Kier alpha value is -4.86. The predicted molar refractivity (Wildman–Crippen MR) is 261 cm³/mol. The molecule has 0 aromatic heterocycles. The third kappa shape index (κ3) is 11.9. The van der Waals surface area contributed by atoms with Gasteiger partial charge in [-0.15, -0.1) is 0 Å². The summed E-state index contributed by atoms with van der Waals surface area (Å²) >= 11 is 0. The normalized spacial score (nSPS) is 19.2. The van der Waals surface area contributed by atoms with Crippen LogP contribution in [0.2, 0.25) is 0 Å². The van der Waals surface area contributed by atoms with Crippen LogP contribution in [0.25, 0.3) is 21.5 Å². The number of fused-ring (bicyclic) bond motifs is 6. The molecule has 2 aliphatic heterocycles. The van der Waals surface area contributed by atoms with E-state index in [0.29, 0.717) is 81.2 Å². The van der Waals surface area contributed by atoms with E-state index in [0.717, 1.165) is 44.7 Å². The number of rotatable bonds is 25. The Kier molecular flexibility index (Phi) is 16.5. The lowest BCUT2D eigenvalue weighted by atomic mass is 9.73. The molecule has 0 aliphatic carbocycles. The fourth-order valence-corrected chi connectivity index (χ4v) is 11.6. The summed E-state index contributed by atoms with van der Waals surface area (Å²) in [7, 11) is -10.0. The van der Waals surface area contributed by atoms with Crippen molar-refractivity contribution in [3.05, 3.63) is 101 Å². The first-order valence-corrected chi connectivity index (χ1v) is 27.2. The number of ketones is 1. The molecule has 4 aromatic carbocycles. The molecule has 68 heavy (non-hydrogen) atoms. The first-order valence-electron chi connectivity index (χ1n) is 22.6. The Bertz CT molecular complexity index is 3020. The fraction of sp³-hybridized carbons (Fsp3) is 0.449. The number of methoxy groups -OCH3 is 2. The first kappa shape index (κ1) is 52.5. The summed E-state index contributed by atoms with van der Waals surface area (Å²) in [5.41, 5.74) is 3.62. The number of allylic oxidation sites excluding steroid dienone is 4. The molecule has 368 valence electrons. The van der Waals surface area contributed by atoms with Crippen LogP contribution < -0.4 is 4.90 Å². The van der Waals surface area contributed by atoms with Gasteiger partial charge in [-0.05, 0) is 122 Å². The number of anilines is 1. The Morgan fingerprint density at radius 1 is 0.706 bits per heavy atom. The van der Waals surface area contributed by atoms with Gasteiger partial charge in [-0.2, -0.15) is 29.8 Å². The highest BCUT2D eigenvalue weighted by Gasteiger charge is 2.49. The minimum atomic E-state index is -4.53. The van der Waals surface area contributed by atoms with E-state index in [9.17, 15) is 53.6 Å². The van der Waals surface area contributed by atoms with Crippen molar-refractivity contribution in [2.45, 2.75) is 93.8 Å². The SMILES string of the molecule is COCCCC(=O)c1ccc2c3c(ccc2c1)[N+](CCCCCC(=O)O)=C(C=CC=C1N(CCOC)c2ccc4cc(S(=O)(=O)O)ccc4c2C1(C)CCCS(=O)(=O)O)C3(C)CCCS(=O)(=O)O. The maximum absolute atomic E-state index is 13.2. The number of ether oxygens (including phenoxy) is 2. The number of unbranched alkanes of at least 4 members (excludes halogenated alkanes) is 2. The average Bonchev–Trinajstić information content (AvgIpc) is 3.64. The van der Waals surface area contributed by atoms with Gasteiger partial charge in [0.25, 0.3) is 30.4 Å². The smallest absolute Gasteiger partial charge is 0.303 e. The van der Waals surface area contributed by atoms with E-state index in [2.05, 4.69) is 9.48 Å². The fourth-order valence-electron chi connectivity index (χ4n) is 10.1. The van der Waals surface area contributed by atoms with Gasteiger partial charge in [-0.25, -0.2) is 0 Å². The standard InChI is InChI=1S/C49H60N2O14S3/c1-48(24-10-30-66(55,56)57)43(50(26-7-5-6-15-45(53)54)40-22-17-34-32-36(16-20-38(34)46(40)48)42(52)12-9-28-64-3)13-8-14-44-49(2,25-11-31-67(58,59)60)47-39-21-19-37(68(61,62)63)33-35(39)18-23-41(47)51(44)27-29-65-4/h8,13-14,16-23,32-33H,5-7,9-12,15,24-31H2,1-4H3,(H3-,53,54,55,56,57,58,59,60,61,62,63)/p+1. The maximum atomic E-state index is 13.2. The molecule has 0 amide bonds. The van der Waals surface area contributed by atoms with Crippen LogP contribution in [-0.2, 0) is 55.5 Å². The van der Waals surface area contributed by atoms with Gasteiger partial charge >= 0.3 is 5.97 Å². The number of carbonyl (C=O) groups is 2. The molecule has 2 heterocycles. The van der Waals surface area contributed by atoms with Crippen LogP contribution in [0.3, 0.4) is 0 Å². The lowest BCUT2D eigenvalue weighted by Gasteiger charge is -2.30. The topological polar surface area (TPSA) is 242 Å². The summed E-state index contributed by atoms with van der Waals surface area (Å²) in [6.45, 7) is 5.58. The maximum Gasteiger partial charge on any atom is 0.303 e. The minimum Gasteiger partial charge on any atom is -0.481 e. The number of aliphatic carboxylic acids is 1. The van der Waals surface area contributed by atoms with Crippen LogP contribution in [0.4, 0.5) is 11.4 Å². The Balaban J connectivity index is 1.54. The Morgan fingerprint density at radius 2 is 1.34 bits per heavy atom. The van der Waals surface area contributed by atoms with Gasteiger partial charge in [0.2, 0.25) is 5.69 Å². The van der Waals surface area contributed by atoms with Crippen LogP contribution in [0.5, 0.6) is 0 Å². The molecule has 2 atom stereocenters. The lowest BCUT2D eigenvalue weighted by Crippen LogP contribution is -2.32. The Morgan fingerprint density at radius 3 is 1.99 bits per heavy atom. The highest BCUT2D eigenvalue weighted by Crippen LogP contribution is 2.54. The molecule has 0 saturated heterocycles. The minimum absolute atomic E-state index is 0.0209. The zero-order valence-electron chi connectivity index (χ0n) is 38.8. The molecule has 0 spiro atoms. The zero-order chi connectivity index (χ0) is 49.7. The summed E-state index contributed by atoms with van der Waals surface area (Å²) in [6.07, 6.45) is 9.09. The molecule has 6 rings (SSSR count). The van der Waals surface area contributed by atoms with Crippen molar-refractivity contribution in [3.8, 4) is 0 Å². The second-order valence-corrected chi connectivity index (χ2v) is 22.5. The van der Waals surface area contributed by atoms with E-state index < -0.39 is 58.7 Å². The average molecular weight is 998 g/mol. The van der Waals surface area contributed by atoms with Crippen molar-refractivity contribution in [3.63, 3.8) is 0 Å². The molecular formula is C49H61N2O14S3+. The molecular weight excluding hydrogens is 937 g/mol. The molecule has 16 nitrogen and oxygen atoms in total. The molecule has 4 N–H and O–H groups in total. The summed E-state index contributed by atoms with van der Waals surface area (Å²) in [4.78, 5) is 26.4. The number of carboxylic acids is 1. The highest BCUT2D eigenvalue weighted by atomic mass is 32.2. The summed E-state index contributed by atoms with van der Waals surface area (Å²) in [5, 5.41) is 12.2. The van der Waals surface area contributed by atoms with Crippen molar-refractivity contribution in [2.75, 3.05) is 56.9 Å². The Labute approximate surface area is 398 Å². The molecule has 19 heteroatoms. The van der Waals surface area contributed by atoms with Gasteiger partial charge < -0.3 is 19.5 Å². The van der Waals surface area contributed by atoms with Gasteiger partial charge in [-0.3, -0.25) is 23.2 Å². The third-order valence-electron chi connectivity index (χ3n) is 13.2. The van der Waals surface area contributed by atoms with Gasteiger partial charge in [0.1, 0.15) is 6.54 Å². The quantitative estimate of drug-likeness (QED) is 0.0212. The number of hydrogen-bond acceptors (Lipinski definition) is 11. The number of carboxylic acid groups (broad SMARTS) is 1. The van der Waals surface area contributed by atoms with E-state index in [-0.39, 0.29) is 36.4 Å². The van der Waals surface area contributed by atoms with E-state index in [1.54, 1.807) is 32.4 Å². The molecule has 2 unspecified atom stereocenters. The predicted octanol–water partition coefficient (Wildman–Crippen LogP) is 8.05. The van der Waals surface area contributed by atoms with Gasteiger partial charge in [0.15, 0.2) is 11.5 Å². The van der Waals surface area contributed by atoms with Crippen LogP contribution in [-0.4, -0.2) is 118 Å². The van der Waals surface area contributed by atoms with Crippen molar-refractivity contribution in [1.82, 2.24) is 0 Å². The number of Topliss-reactive ketones (excluding diaryl/α,β-unsaturated/α-hetero) is 1. The monoisotopic (exact) mass is 997 g/mol. The number of hydrogen-bond donors (Lipinski definition) is 4. The van der Waals surface area contributed by atoms with Gasteiger partial charge in [0.05, 0.1) is 28.4 Å². The van der Waals surface area contributed by atoms with Crippen molar-refractivity contribution < 1.29 is 67.7 Å². The van der Waals surface area contributed by atoms with Crippen molar-refractivity contribution >= 4 is 80.7 Å². The van der Waals surface area contributed by atoms with Crippen LogP contribution in [0, 0.1) is 0 Å². The van der Waals surface area contributed by atoms with Crippen LogP contribution >= 0.6 is 0 Å². The second-order valence-electron chi connectivity index (χ2n) is 18.0. The van der Waals surface area contributed by atoms with Crippen LogP contribution in [0.15, 0.2) is 89.5 Å². The van der Waals surface area contributed by atoms with Gasteiger partial charge in [-0.1, -0.05) is 30.3 Å². The largest absolute Gasteiger partial charge is 0.481 e. The van der Waals surface area contributed by atoms with E-state index >= 15 is 0 Å². The van der Waals surface area contributed by atoms with Crippen molar-refractivity contribution in [2.24, 2.45) is 0 Å². The molecule has 0 fully saturated rings. The lowest BCUT2D eigenvalue weighted by molar-refractivity contribution is -0.438. The van der Waals surface area contributed by atoms with E-state index in [4.69, 9.17) is 9.47 Å². The highest BCUT2D eigenvalue weighted by molar-refractivity contribution is 7.86. The molecule has 0 radical (unpaired) electrons. The molecule has 0 saturated carbocycles. The second kappa shape index (κ2) is 21.4. The summed E-state index contributed by atoms with van der Waals surface area (Å²) in [6, 6.07) is 17.4. The summed E-state index contributed by atoms with van der Waals surface area (Å²) < 4.78 is 115. The van der Waals surface area contributed by atoms with E-state index in [1.807, 2.05) is 62.4 Å². The number of carbonyl (C=O) groups excluding carboxylic acids is 1. The first-order chi connectivity index (χ1) is 32.0. The summed E-state index contributed by atoms with van der Waals surface area (Å²) in [5.74, 6) is -1.90. The molecule has 2 aliphatic rings. The molecule has 0 bridgehead atoms. The van der Waals surface area contributed by atoms with Gasteiger partial charge in [0, 0.05) is 86.7 Å². The number of nitrogens with zero attached hydrogens (tertiary/aromatic N) is 2. The van der Waals surface area contributed by atoms with E-state index in [1.165, 1.54) is 12.1 Å². The zero-order valence-corrected chi connectivity index (χ0v) is 41.3. The van der Waals surface area contributed by atoms with Crippen molar-refractivity contribution in [1.29, 1.82) is 0 Å². The third-order valence-corrected chi connectivity index (χ3v) is 15.7.